The lowest BCUT2D eigenvalue weighted by molar-refractivity contribution is -0.146. The first-order valence-corrected chi connectivity index (χ1v) is 10.3. The summed E-state index contributed by atoms with van der Waals surface area (Å²) in [6.45, 7) is 13.3. The molecular formula is C24H30N2O3. The molecule has 2 amide bonds. The lowest BCUT2D eigenvalue weighted by Gasteiger charge is -2.40. The Labute approximate surface area is 172 Å². The maximum Gasteiger partial charge on any atom is 0.236 e. The summed E-state index contributed by atoms with van der Waals surface area (Å²) in [5.41, 5.74) is 1.86. The third-order valence-electron chi connectivity index (χ3n) is 6.43. The molecule has 0 bridgehead atoms. The molecule has 3 aliphatic rings. The standard InChI is InChI=1S/C24H30N2O3/c1-13-12-16-17-18(22(29)26(21(17)28)24(5,6)7)19(20(27)23(2,3)4)25(16)15-11-9-8-10-14(13)15/h8-12,16-19H,1-7H3/t16-,17-,18+,19-/m1/s1. The number of allylic oxidation sites excluding steroid dienone is 1. The molecule has 5 heteroatoms. The number of hydrogen-bond donors (Lipinski definition) is 0. The van der Waals surface area contributed by atoms with Crippen molar-refractivity contribution in [2.75, 3.05) is 4.90 Å². The van der Waals surface area contributed by atoms with Crippen LogP contribution in [-0.4, -0.2) is 40.1 Å². The Morgan fingerprint density at radius 1 is 0.931 bits per heavy atom. The molecule has 2 fully saturated rings. The van der Waals surface area contributed by atoms with Gasteiger partial charge in [0, 0.05) is 22.2 Å². The number of carbonyl (C=O) groups excluding carboxylic acids is 3. The number of para-hydroxylation sites is 1. The number of imide groups is 1. The zero-order valence-corrected chi connectivity index (χ0v) is 18.3. The second kappa shape index (κ2) is 6.04. The van der Waals surface area contributed by atoms with Crippen LogP contribution in [0.2, 0.25) is 0 Å². The van der Waals surface area contributed by atoms with E-state index in [2.05, 4.69) is 11.0 Å². The monoisotopic (exact) mass is 394 g/mol. The molecule has 0 N–H and O–H groups in total. The predicted octanol–water partition coefficient (Wildman–Crippen LogP) is 3.68. The Kier molecular flexibility index (Phi) is 4.14. The van der Waals surface area contributed by atoms with Crippen molar-refractivity contribution < 1.29 is 14.4 Å². The first kappa shape index (κ1) is 19.9. The Balaban J connectivity index is 1.93. The third-order valence-corrected chi connectivity index (χ3v) is 6.43. The van der Waals surface area contributed by atoms with Crippen molar-refractivity contribution in [3.05, 3.63) is 35.9 Å². The van der Waals surface area contributed by atoms with Crippen LogP contribution in [0.15, 0.2) is 30.3 Å². The van der Waals surface area contributed by atoms with Gasteiger partial charge < -0.3 is 4.90 Å². The average Bonchev–Trinajstić information content (AvgIpc) is 3.07. The van der Waals surface area contributed by atoms with Gasteiger partial charge in [-0.3, -0.25) is 19.3 Å². The average molecular weight is 395 g/mol. The van der Waals surface area contributed by atoms with Gasteiger partial charge in [0.2, 0.25) is 11.8 Å². The first-order chi connectivity index (χ1) is 13.4. The summed E-state index contributed by atoms with van der Waals surface area (Å²) < 4.78 is 0. The van der Waals surface area contributed by atoms with Gasteiger partial charge in [-0.2, -0.15) is 0 Å². The van der Waals surface area contributed by atoms with Gasteiger partial charge in [-0.1, -0.05) is 45.0 Å². The molecule has 2 saturated heterocycles. The maximum atomic E-state index is 13.6. The van der Waals surface area contributed by atoms with E-state index >= 15 is 0 Å². The van der Waals surface area contributed by atoms with Crippen LogP contribution >= 0.6 is 0 Å². The number of ketones is 1. The highest BCUT2D eigenvalue weighted by molar-refractivity contribution is 6.12. The summed E-state index contributed by atoms with van der Waals surface area (Å²) >= 11 is 0. The number of nitrogens with zero attached hydrogens (tertiary/aromatic N) is 2. The van der Waals surface area contributed by atoms with E-state index in [1.807, 2.05) is 72.7 Å². The second-order valence-corrected chi connectivity index (χ2v) is 10.6. The van der Waals surface area contributed by atoms with Crippen molar-refractivity contribution in [1.29, 1.82) is 0 Å². The van der Waals surface area contributed by atoms with E-state index in [4.69, 9.17) is 0 Å². The molecular weight excluding hydrogens is 364 g/mol. The lowest BCUT2D eigenvalue weighted by atomic mass is 9.79. The van der Waals surface area contributed by atoms with Crippen LogP contribution in [0.25, 0.3) is 5.57 Å². The number of carbonyl (C=O) groups is 3. The molecule has 5 nitrogen and oxygen atoms in total. The smallest absolute Gasteiger partial charge is 0.236 e. The van der Waals surface area contributed by atoms with Gasteiger partial charge in [-0.05, 0) is 39.3 Å². The summed E-state index contributed by atoms with van der Waals surface area (Å²) in [6.07, 6.45) is 2.08. The van der Waals surface area contributed by atoms with Crippen LogP contribution in [0.3, 0.4) is 0 Å². The highest BCUT2D eigenvalue weighted by Gasteiger charge is 2.66. The van der Waals surface area contributed by atoms with Gasteiger partial charge in [0.15, 0.2) is 5.78 Å². The minimum atomic E-state index is -0.645. The number of anilines is 1. The summed E-state index contributed by atoms with van der Waals surface area (Å²) in [6, 6.07) is 7.04. The van der Waals surface area contributed by atoms with E-state index in [0.717, 1.165) is 16.8 Å². The van der Waals surface area contributed by atoms with Gasteiger partial charge in [0.1, 0.15) is 6.04 Å². The van der Waals surface area contributed by atoms with E-state index in [1.54, 1.807) is 0 Å². The molecule has 1 aromatic carbocycles. The van der Waals surface area contributed by atoms with E-state index in [9.17, 15) is 14.4 Å². The van der Waals surface area contributed by atoms with Crippen molar-refractivity contribution in [2.45, 2.75) is 66.1 Å². The fraction of sp³-hybridized carbons (Fsp3) is 0.542. The van der Waals surface area contributed by atoms with E-state index in [0.29, 0.717) is 0 Å². The zero-order valence-electron chi connectivity index (χ0n) is 18.3. The summed E-state index contributed by atoms with van der Waals surface area (Å²) in [7, 11) is 0. The van der Waals surface area contributed by atoms with Crippen molar-refractivity contribution in [3.8, 4) is 0 Å². The Bertz CT molecular complexity index is 948. The molecule has 0 aliphatic carbocycles. The van der Waals surface area contributed by atoms with Crippen molar-refractivity contribution in [3.63, 3.8) is 0 Å². The fourth-order valence-electron chi connectivity index (χ4n) is 5.20. The zero-order chi connectivity index (χ0) is 21.5. The van der Waals surface area contributed by atoms with Gasteiger partial charge in [0.25, 0.3) is 0 Å². The molecule has 0 unspecified atom stereocenters. The Hall–Kier alpha value is -2.43. The van der Waals surface area contributed by atoms with Crippen LogP contribution in [0.5, 0.6) is 0 Å². The minimum Gasteiger partial charge on any atom is -0.353 e. The highest BCUT2D eigenvalue weighted by Crippen LogP contribution is 2.51. The molecule has 0 aromatic heterocycles. The van der Waals surface area contributed by atoms with E-state index in [1.165, 1.54) is 4.90 Å². The topological polar surface area (TPSA) is 57.7 Å². The molecule has 29 heavy (non-hydrogen) atoms. The molecule has 3 heterocycles. The molecule has 0 saturated carbocycles. The van der Waals surface area contributed by atoms with E-state index in [-0.39, 0.29) is 23.6 Å². The molecule has 0 radical (unpaired) electrons. The fourth-order valence-corrected chi connectivity index (χ4v) is 5.20. The number of benzene rings is 1. The Morgan fingerprint density at radius 2 is 1.52 bits per heavy atom. The number of fused-ring (bicyclic) bond motifs is 5. The third kappa shape index (κ3) is 2.70. The van der Waals surface area contributed by atoms with Crippen LogP contribution in [0.4, 0.5) is 5.69 Å². The van der Waals surface area contributed by atoms with Gasteiger partial charge in [0.05, 0.1) is 17.9 Å². The maximum absolute atomic E-state index is 13.6. The first-order valence-electron chi connectivity index (χ1n) is 10.3. The number of likely N-dealkylation sites (tertiary alicyclic amines) is 1. The van der Waals surface area contributed by atoms with Crippen molar-refractivity contribution >= 4 is 28.9 Å². The van der Waals surface area contributed by atoms with Gasteiger partial charge in [-0.15, -0.1) is 0 Å². The molecule has 154 valence electrons. The molecule has 4 rings (SSSR count). The van der Waals surface area contributed by atoms with Crippen LogP contribution in [0, 0.1) is 17.3 Å². The summed E-state index contributed by atoms with van der Waals surface area (Å²) in [4.78, 5) is 44.1. The predicted molar refractivity (Wildman–Crippen MR) is 113 cm³/mol. The number of hydrogen-bond acceptors (Lipinski definition) is 4. The Morgan fingerprint density at radius 3 is 2.10 bits per heavy atom. The van der Waals surface area contributed by atoms with Gasteiger partial charge >= 0.3 is 0 Å². The minimum absolute atomic E-state index is 0.00895. The number of rotatable bonds is 1. The molecule has 0 spiro atoms. The van der Waals surface area contributed by atoms with Crippen LogP contribution < -0.4 is 4.90 Å². The largest absolute Gasteiger partial charge is 0.353 e. The number of Topliss-reactive ketones (excluding diaryl/α,β-unsaturated/α-hetero) is 1. The van der Waals surface area contributed by atoms with Gasteiger partial charge in [-0.25, -0.2) is 0 Å². The normalized spacial score (nSPS) is 28.9. The van der Waals surface area contributed by atoms with Crippen LogP contribution in [0.1, 0.15) is 54.0 Å². The lowest BCUT2D eigenvalue weighted by Crippen LogP contribution is -2.54. The summed E-state index contributed by atoms with van der Waals surface area (Å²) in [5.74, 6) is -1.53. The SMILES string of the molecule is CC1=C[C@@H]2[C@H]3C(=O)N(C(C)(C)C)C(=O)[C@@H]3[C@H](C(=O)C(C)(C)C)N2c2ccccc21. The van der Waals surface area contributed by atoms with Crippen molar-refractivity contribution in [2.24, 2.45) is 17.3 Å². The quantitative estimate of drug-likeness (QED) is 0.682. The molecule has 3 aliphatic heterocycles. The second-order valence-electron chi connectivity index (χ2n) is 10.6. The van der Waals surface area contributed by atoms with Crippen molar-refractivity contribution in [1.82, 2.24) is 4.90 Å². The van der Waals surface area contributed by atoms with Crippen LogP contribution in [-0.2, 0) is 14.4 Å². The molecule has 1 aromatic rings. The molecule has 4 atom stereocenters. The van der Waals surface area contributed by atoms with E-state index < -0.39 is 28.8 Å². The summed E-state index contributed by atoms with van der Waals surface area (Å²) in [5, 5.41) is 0. The highest BCUT2D eigenvalue weighted by atomic mass is 16.2. The number of amides is 2.